The second-order valence-corrected chi connectivity index (χ2v) is 16.4. The minimum absolute atomic E-state index is 0.0444. The second kappa shape index (κ2) is 14.2. The van der Waals surface area contributed by atoms with Crippen LogP contribution in [0.25, 0.3) is 88.4 Å². The van der Waals surface area contributed by atoms with E-state index in [0.29, 0.717) is 44.2 Å². The molecule has 0 aliphatic rings. The van der Waals surface area contributed by atoms with Gasteiger partial charge in [0.2, 0.25) is 0 Å². The monoisotopic (exact) mass is 840 g/mol. The number of hydrogen-bond donors (Lipinski definition) is 9. The highest BCUT2D eigenvalue weighted by atomic mass is 16.3. The van der Waals surface area contributed by atoms with Crippen LogP contribution in [0.3, 0.4) is 0 Å². The van der Waals surface area contributed by atoms with Crippen LogP contribution < -0.4 is 27.3 Å². The molecule has 2 aromatic heterocycles. The van der Waals surface area contributed by atoms with Crippen molar-refractivity contribution in [3.63, 3.8) is 0 Å². The van der Waals surface area contributed by atoms with Gasteiger partial charge >= 0.3 is 0 Å². The second-order valence-electron chi connectivity index (χ2n) is 16.4. The van der Waals surface area contributed by atoms with E-state index in [1.165, 1.54) is 12.4 Å². The third kappa shape index (κ3) is 5.35. The molecular formula is C48H37B5N2O9. The van der Waals surface area contributed by atoms with Crippen molar-refractivity contribution in [3.05, 3.63) is 109 Å². The molecule has 0 spiro atoms. The highest BCUT2D eigenvalue weighted by Gasteiger charge is 2.35. The molecule has 0 saturated heterocycles. The fourth-order valence-electron chi connectivity index (χ4n) is 9.61. The Kier molecular flexibility index (Phi) is 8.88. The molecule has 308 valence electrons. The predicted octanol–water partition coefficient (Wildman–Crippen LogP) is 1.52. The van der Waals surface area contributed by atoms with Crippen LogP contribution in [-0.4, -0.2) is 94.3 Å². The zero-order valence-corrected chi connectivity index (χ0v) is 35.3. The third-order valence-electron chi connectivity index (χ3n) is 13.0. The summed E-state index contributed by atoms with van der Waals surface area (Å²) in [6, 6.07) is 34.2. The van der Waals surface area contributed by atoms with Crippen molar-refractivity contribution < 1.29 is 46.0 Å². The standard InChI is InChI=1S/C48H37B5N2O9/c49-31-25-26-37(55(36(25)34(52)45(61)32(31)50)24-17-21(19-10-4-1-5-11-19)16-22(18-24)20-12-6-2-7-13-20)33(51)43(59)29(40(26)56)30-41(57)27-28-39(48(64)46(62)35(53)42(28)58)54(23-14-8-3-9-15-23)38(27)47(63)44(30)60/h1-18,56-64H,49-53H2. The highest BCUT2D eigenvalue weighted by molar-refractivity contribution is 6.60. The zero-order valence-electron chi connectivity index (χ0n) is 35.3. The van der Waals surface area contributed by atoms with Crippen molar-refractivity contribution in [2.24, 2.45) is 0 Å². The van der Waals surface area contributed by atoms with Crippen LogP contribution in [0, 0.1) is 0 Å². The molecule has 0 radical (unpaired) electrons. The minimum Gasteiger partial charge on any atom is -0.509 e. The Bertz CT molecular complexity index is 3600. The molecule has 9 N–H and O–H groups in total. The molecule has 0 bridgehead atoms. The molecule has 0 amide bonds. The van der Waals surface area contributed by atoms with Crippen LogP contribution in [0.2, 0.25) is 0 Å². The first-order valence-corrected chi connectivity index (χ1v) is 20.6. The van der Waals surface area contributed by atoms with Crippen LogP contribution in [0.1, 0.15) is 0 Å². The quantitative estimate of drug-likeness (QED) is 0.0703. The molecular weight excluding hydrogens is 803 g/mol. The van der Waals surface area contributed by atoms with E-state index in [2.05, 4.69) is 6.07 Å². The number of phenolic OH excluding ortho intramolecular Hbond substituents is 9. The SMILES string of the molecule is Bc1c(O)c(B)c2c(c1B)c1c(O)c(-c3c(O)c(O)c4c(c3O)c3c(O)c(B)c(O)c(O)c3n4-c3ccccc3)c(O)c(B)c1n2-c1cc(-c2ccccc2)cc(-c2ccccc2)c1. The van der Waals surface area contributed by atoms with E-state index in [1.807, 2.05) is 85.2 Å². The van der Waals surface area contributed by atoms with Gasteiger partial charge in [-0.2, -0.15) is 0 Å². The summed E-state index contributed by atoms with van der Waals surface area (Å²) < 4.78 is 3.18. The molecule has 10 aromatic rings. The van der Waals surface area contributed by atoms with E-state index in [-0.39, 0.29) is 43.9 Å². The van der Waals surface area contributed by atoms with Gasteiger partial charge in [-0.05, 0) is 69.0 Å². The lowest BCUT2D eigenvalue weighted by Crippen LogP contribution is -2.32. The number of nitrogens with zero attached hydrogens (tertiary/aromatic N) is 2. The van der Waals surface area contributed by atoms with Gasteiger partial charge in [-0.1, -0.05) is 89.8 Å². The maximum atomic E-state index is 12.8. The summed E-state index contributed by atoms with van der Waals surface area (Å²) in [4.78, 5) is 0. The Hall–Kier alpha value is -8.12. The fourth-order valence-corrected chi connectivity index (χ4v) is 9.61. The minimum atomic E-state index is -0.928. The van der Waals surface area contributed by atoms with E-state index in [9.17, 15) is 46.0 Å². The predicted molar refractivity (Wildman–Crippen MR) is 267 cm³/mol. The summed E-state index contributed by atoms with van der Waals surface area (Å²) in [5, 5.41) is 108. The topological polar surface area (TPSA) is 192 Å². The van der Waals surface area contributed by atoms with Crippen LogP contribution in [-0.2, 0) is 0 Å². The van der Waals surface area contributed by atoms with Crippen LogP contribution >= 0.6 is 0 Å². The molecule has 16 heteroatoms. The van der Waals surface area contributed by atoms with Gasteiger partial charge in [0.25, 0.3) is 0 Å². The van der Waals surface area contributed by atoms with Crippen LogP contribution in [0.15, 0.2) is 109 Å². The highest BCUT2D eigenvalue weighted by Crippen LogP contribution is 2.59. The molecule has 8 aromatic carbocycles. The number of phenols is 9. The summed E-state index contributed by atoms with van der Waals surface area (Å²) in [5.74, 6) is -5.42. The maximum Gasteiger partial charge on any atom is 0.183 e. The van der Waals surface area contributed by atoms with E-state index < -0.39 is 57.1 Å². The van der Waals surface area contributed by atoms with Gasteiger partial charge in [0.15, 0.2) is 23.0 Å². The molecule has 0 aliphatic carbocycles. The molecule has 0 fully saturated rings. The lowest BCUT2D eigenvalue weighted by atomic mass is 9.73. The van der Waals surface area contributed by atoms with Gasteiger partial charge in [0, 0.05) is 22.1 Å². The normalized spacial score (nSPS) is 11.7. The van der Waals surface area contributed by atoms with E-state index in [0.717, 1.165) is 22.3 Å². The van der Waals surface area contributed by atoms with E-state index >= 15 is 0 Å². The number of para-hydroxylation sites is 1. The van der Waals surface area contributed by atoms with Gasteiger partial charge in [-0.15, -0.1) is 0 Å². The molecule has 0 saturated carbocycles. The number of rotatable bonds is 5. The van der Waals surface area contributed by atoms with Gasteiger partial charge < -0.3 is 55.1 Å². The number of aromatic hydroxyl groups is 9. The first kappa shape index (κ1) is 40.0. The van der Waals surface area contributed by atoms with E-state index in [1.54, 1.807) is 53.9 Å². The Balaban J connectivity index is 1.38. The summed E-state index contributed by atoms with van der Waals surface area (Å²) in [7, 11) is 8.36. The largest absolute Gasteiger partial charge is 0.509 e. The smallest absolute Gasteiger partial charge is 0.183 e. The summed E-state index contributed by atoms with van der Waals surface area (Å²) in [6.45, 7) is 0. The van der Waals surface area contributed by atoms with Crippen molar-refractivity contribution in [2.45, 2.75) is 0 Å². The molecule has 0 atom stereocenters. The van der Waals surface area contributed by atoms with Gasteiger partial charge in [-0.3, -0.25) is 0 Å². The molecule has 0 unspecified atom stereocenters. The maximum absolute atomic E-state index is 12.8. The molecule has 0 aliphatic heterocycles. The lowest BCUT2D eigenvalue weighted by Gasteiger charge is -2.19. The average Bonchev–Trinajstić information content (AvgIpc) is 3.88. The molecule has 64 heavy (non-hydrogen) atoms. The number of benzene rings is 8. The van der Waals surface area contributed by atoms with Gasteiger partial charge in [0.05, 0.1) is 32.9 Å². The molecule has 11 nitrogen and oxygen atoms in total. The van der Waals surface area contributed by atoms with Gasteiger partial charge in [0.1, 0.15) is 79.0 Å². The Morgan fingerprint density at radius 3 is 1.25 bits per heavy atom. The summed E-state index contributed by atoms with van der Waals surface area (Å²) in [6.07, 6.45) is 0. The Morgan fingerprint density at radius 1 is 0.281 bits per heavy atom. The zero-order chi connectivity index (χ0) is 45.2. The molecule has 10 rings (SSSR count). The van der Waals surface area contributed by atoms with E-state index in [4.69, 9.17) is 0 Å². The third-order valence-corrected chi connectivity index (χ3v) is 13.0. The Labute approximate surface area is 369 Å². The fraction of sp³-hybridized carbons (Fsp3) is 0. The summed E-state index contributed by atoms with van der Waals surface area (Å²) in [5.41, 5.74) is 5.84. The van der Waals surface area contributed by atoms with Gasteiger partial charge in [-0.25, -0.2) is 0 Å². The van der Waals surface area contributed by atoms with Crippen LogP contribution in [0.5, 0.6) is 51.7 Å². The number of fused-ring (bicyclic) bond motifs is 6. The van der Waals surface area contributed by atoms with Crippen molar-refractivity contribution >= 4 is 110 Å². The van der Waals surface area contributed by atoms with Crippen LogP contribution in [0.4, 0.5) is 0 Å². The summed E-state index contributed by atoms with van der Waals surface area (Å²) >= 11 is 0. The number of hydrogen-bond acceptors (Lipinski definition) is 9. The first-order valence-electron chi connectivity index (χ1n) is 20.6. The lowest BCUT2D eigenvalue weighted by molar-refractivity contribution is 0.401. The first-order chi connectivity index (χ1) is 30.6. The van der Waals surface area contributed by atoms with Crippen molar-refractivity contribution in [3.8, 4) is 96.5 Å². The van der Waals surface area contributed by atoms with Crippen molar-refractivity contribution in [1.82, 2.24) is 9.13 Å². The van der Waals surface area contributed by atoms with Crippen molar-refractivity contribution in [1.29, 1.82) is 0 Å². The number of aromatic nitrogens is 2. The average molecular weight is 840 g/mol. The Morgan fingerprint density at radius 2 is 0.703 bits per heavy atom. The van der Waals surface area contributed by atoms with Crippen molar-refractivity contribution in [2.75, 3.05) is 0 Å². The molecule has 2 heterocycles.